The molecular formula is C27H32N2O3S. The zero-order chi connectivity index (χ0) is 23.0. The molecule has 1 aliphatic carbocycles. The van der Waals surface area contributed by atoms with Crippen LogP contribution in [-0.4, -0.2) is 39.8 Å². The number of hydrogen-bond donors (Lipinski definition) is 1. The lowest BCUT2D eigenvalue weighted by molar-refractivity contribution is -0.142. The fourth-order valence-corrected chi connectivity index (χ4v) is 5.55. The van der Waals surface area contributed by atoms with Crippen LogP contribution in [0.4, 0.5) is 0 Å². The predicted octanol–water partition coefficient (Wildman–Crippen LogP) is 6.24. The summed E-state index contributed by atoms with van der Waals surface area (Å²) in [5.41, 5.74) is 4.63. The van der Waals surface area contributed by atoms with Crippen LogP contribution in [0.1, 0.15) is 32.6 Å². The number of ether oxygens (including phenoxy) is 1. The average Bonchev–Trinajstić information content (AvgIpc) is 3.19. The van der Waals surface area contributed by atoms with Gasteiger partial charge >= 0.3 is 5.97 Å². The van der Waals surface area contributed by atoms with Gasteiger partial charge in [0.1, 0.15) is 17.3 Å². The second kappa shape index (κ2) is 11.5. The van der Waals surface area contributed by atoms with Gasteiger partial charge in [0.15, 0.2) is 0 Å². The molecule has 1 aromatic heterocycles. The Labute approximate surface area is 200 Å². The Morgan fingerprint density at radius 1 is 1.00 bits per heavy atom. The summed E-state index contributed by atoms with van der Waals surface area (Å²) < 4.78 is 7.58. The first-order chi connectivity index (χ1) is 16.2. The highest BCUT2D eigenvalue weighted by Gasteiger charge is 2.26. The van der Waals surface area contributed by atoms with Gasteiger partial charge in [0.05, 0.1) is 6.61 Å². The Bertz CT molecular complexity index is 1030. The monoisotopic (exact) mass is 464 g/mol. The first-order valence-corrected chi connectivity index (χ1v) is 12.8. The number of carbonyl (C=O) groups is 1. The zero-order valence-corrected chi connectivity index (χ0v) is 20.0. The van der Waals surface area contributed by atoms with Crippen LogP contribution in [0.25, 0.3) is 22.4 Å². The van der Waals surface area contributed by atoms with Crippen molar-refractivity contribution in [2.45, 2.75) is 44.2 Å². The number of carboxylic acids is 1. The van der Waals surface area contributed by atoms with Crippen LogP contribution >= 0.6 is 11.8 Å². The summed E-state index contributed by atoms with van der Waals surface area (Å²) in [7, 11) is 0. The maximum absolute atomic E-state index is 10.7. The summed E-state index contributed by atoms with van der Waals surface area (Å²) in [5.74, 6) is 1.13. The van der Waals surface area contributed by atoms with Crippen LogP contribution in [0.3, 0.4) is 0 Å². The van der Waals surface area contributed by atoms with E-state index in [1.807, 2.05) is 17.8 Å². The maximum Gasteiger partial charge on any atom is 0.329 e. The van der Waals surface area contributed by atoms with Gasteiger partial charge < -0.3 is 9.84 Å². The Kier molecular flexibility index (Phi) is 8.24. The third-order valence-corrected chi connectivity index (χ3v) is 7.25. The van der Waals surface area contributed by atoms with E-state index in [-0.39, 0.29) is 6.61 Å². The molecule has 0 saturated heterocycles. The van der Waals surface area contributed by atoms with Gasteiger partial charge in [-0.15, -0.1) is 11.8 Å². The topological polar surface area (TPSA) is 64.4 Å². The highest BCUT2D eigenvalue weighted by Crippen LogP contribution is 2.40. The second-order valence-corrected chi connectivity index (χ2v) is 9.92. The molecule has 1 aliphatic rings. The molecule has 0 radical (unpaired) electrons. The summed E-state index contributed by atoms with van der Waals surface area (Å²) in [6.07, 6.45) is 4.41. The molecule has 4 rings (SSSR count). The Hall–Kier alpha value is -2.57. The number of hydrogen-bond acceptors (Lipinski definition) is 4. The second-order valence-electron chi connectivity index (χ2n) is 8.67. The third kappa shape index (κ3) is 6.06. The normalized spacial score (nSPS) is 18.3. The minimum Gasteiger partial charge on any atom is -0.480 e. The van der Waals surface area contributed by atoms with Gasteiger partial charge in [-0.05, 0) is 48.8 Å². The summed E-state index contributed by atoms with van der Waals surface area (Å²) in [6.45, 7) is 3.46. The molecule has 0 amide bonds. The fourth-order valence-electron chi connectivity index (χ4n) is 4.65. The van der Waals surface area contributed by atoms with E-state index in [0.717, 1.165) is 49.2 Å². The van der Waals surface area contributed by atoms with Crippen LogP contribution < -0.4 is 0 Å². The standard InChI is InChI=1S/C27H32N2O3S/c1-2-33-27-25(22-9-5-3-6-10-22)26(23-11-7-4-8-12-23)28-29(27)17-20-13-15-21(16-14-20)18-32-19-24(30)31/h3-12,20-21H,2,13-19H2,1H3,(H,30,31)/t20-,21-. The number of aromatic nitrogens is 2. The van der Waals surface area contributed by atoms with E-state index in [4.69, 9.17) is 14.9 Å². The lowest BCUT2D eigenvalue weighted by Crippen LogP contribution is -2.23. The smallest absolute Gasteiger partial charge is 0.329 e. The fraction of sp³-hybridized carbons (Fsp3) is 0.407. The van der Waals surface area contributed by atoms with Gasteiger partial charge in [-0.3, -0.25) is 4.68 Å². The van der Waals surface area contributed by atoms with Gasteiger partial charge in [-0.1, -0.05) is 67.6 Å². The van der Waals surface area contributed by atoms with Crippen LogP contribution in [0.15, 0.2) is 65.7 Å². The highest BCUT2D eigenvalue weighted by molar-refractivity contribution is 7.99. The van der Waals surface area contributed by atoms with Crippen molar-refractivity contribution in [1.29, 1.82) is 0 Å². The average molecular weight is 465 g/mol. The largest absolute Gasteiger partial charge is 0.480 e. The number of rotatable bonds is 10. The number of nitrogens with zero attached hydrogens (tertiary/aromatic N) is 2. The van der Waals surface area contributed by atoms with Gasteiger partial charge in [0, 0.05) is 17.7 Å². The van der Waals surface area contributed by atoms with Crippen molar-refractivity contribution >= 4 is 17.7 Å². The third-order valence-electron chi connectivity index (χ3n) is 6.27. The Morgan fingerprint density at radius 2 is 1.61 bits per heavy atom. The molecule has 33 heavy (non-hydrogen) atoms. The number of aliphatic carboxylic acids is 1. The highest BCUT2D eigenvalue weighted by atomic mass is 32.2. The molecule has 6 heteroatoms. The molecule has 2 aromatic carbocycles. The van der Waals surface area contributed by atoms with Gasteiger partial charge in [-0.25, -0.2) is 4.79 Å². The Morgan fingerprint density at radius 3 is 2.21 bits per heavy atom. The molecule has 1 N–H and O–H groups in total. The van der Waals surface area contributed by atoms with E-state index in [1.54, 1.807) is 0 Å². The lowest BCUT2D eigenvalue weighted by Gasteiger charge is -2.28. The van der Waals surface area contributed by atoms with Crippen molar-refractivity contribution < 1.29 is 14.6 Å². The van der Waals surface area contributed by atoms with Crippen LogP contribution in [0.5, 0.6) is 0 Å². The zero-order valence-electron chi connectivity index (χ0n) is 19.2. The Balaban J connectivity index is 1.56. The maximum atomic E-state index is 10.7. The van der Waals surface area contributed by atoms with Gasteiger partial charge in [0.2, 0.25) is 0 Å². The number of carboxylic acid groups (broad SMARTS) is 1. The summed E-state index contributed by atoms with van der Waals surface area (Å²) in [6, 6.07) is 21.1. The molecule has 0 atom stereocenters. The van der Waals surface area contributed by atoms with Crippen molar-refractivity contribution in [3.05, 3.63) is 60.7 Å². The molecule has 0 unspecified atom stereocenters. The summed E-state index contributed by atoms with van der Waals surface area (Å²) in [4.78, 5) is 10.7. The van der Waals surface area contributed by atoms with Crippen molar-refractivity contribution in [2.75, 3.05) is 19.0 Å². The van der Waals surface area contributed by atoms with Crippen molar-refractivity contribution in [3.8, 4) is 22.4 Å². The first kappa shape index (κ1) is 23.6. The van der Waals surface area contributed by atoms with Gasteiger partial charge in [0.25, 0.3) is 0 Å². The number of benzene rings is 2. The molecule has 0 spiro atoms. The molecule has 1 heterocycles. The molecule has 0 aliphatic heterocycles. The van der Waals surface area contributed by atoms with Crippen LogP contribution in [-0.2, 0) is 16.1 Å². The summed E-state index contributed by atoms with van der Waals surface area (Å²) in [5, 5.41) is 15.2. The van der Waals surface area contributed by atoms with E-state index in [1.165, 1.54) is 16.2 Å². The summed E-state index contributed by atoms with van der Waals surface area (Å²) >= 11 is 1.87. The molecule has 5 nitrogen and oxygen atoms in total. The van der Waals surface area contributed by atoms with E-state index in [9.17, 15) is 4.79 Å². The van der Waals surface area contributed by atoms with Crippen LogP contribution in [0, 0.1) is 11.8 Å². The van der Waals surface area contributed by atoms with Gasteiger partial charge in [-0.2, -0.15) is 5.10 Å². The van der Waals surface area contributed by atoms with Crippen LogP contribution in [0.2, 0.25) is 0 Å². The van der Waals surface area contributed by atoms with E-state index < -0.39 is 5.97 Å². The molecule has 3 aromatic rings. The SMILES string of the molecule is CCSc1c(-c2ccccc2)c(-c2ccccc2)nn1C[C@H]1CC[C@H](COCC(=O)O)CC1. The minimum absolute atomic E-state index is 0.199. The van der Waals surface area contributed by atoms with E-state index >= 15 is 0 Å². The van der Waals surface area contributed by atoms with E-state index in [2.05, 4.69) is 66.2 Å². The van der Waals surface area contributed by atoms with E-state index in [0.29, 0.717) is 18.4 Å². The molecular weight excluding hydrogens is 432 g/mol. The van der Waals surface area contributed by atoms with Crippen molar-refractivity contribution in [1.82, 2.24) is 9.78 Å². The van der Waals surface area contributed by atoms with Crippen molar-refractivity contribution in [2.24, 2.45) is 11.8 Å². The minimum atomic E-state index is -0.897. The lowest BCUT2D eigenvalue weighted by atomic mass is 9.82. The molecule has 174 valence electrons. The predicted molar refractivity (Wildman–Crippen MR) is 133 cm³/mol. The quantitative estimate of drug-likeness (QED) is 0.360. The molecule has 1 saturated carbocycles. The molecule has 1 fully saturated rings. The number of thioether (sulfide) groups is 1. The first-order valence-electron chi connectivity index (χ1n) is 11.8. The molecule has 0 bridgehead atoms. The van der Waals surface area contributed by atoms with Crippen molar-refractivity contribution in [3.63, 3.8) is 0 Å².